The minimum Gasteiger partial charge on any atom is -0.311 e. The fourth-order valence-electron chi connectivity index (χ4n) is 1.37. The van der Waals surface area contributed by atoms with Gasteiger partial charge in [0, 0.05) is 24.3 Å². The van der Waals surface area contributed by atoms with Gasteiger partial charge < -0.3 is 5.32 Å². The Morgan fingerprint density at radius 1 is 1.60 bits per heavy atom. The Bertz CT molecular complexity index is 326. The summed E-state index contributed by atoms with van der Waals surface area (Å²) in [7, 11) is 1.96. The summed E-state index contributed by atoms with van der Waals surface area (Å²) in [6, 6.07) is 0.421. The van der Waals surface area contributed by atoms with E-state index < -0.39 is 0 Å². The maximum absolute atomic E-state index is 4.20. The van der Waals surface area contributed by atoms with Gasteiger partial charge in [-0.15, -0.1) is 0 Å². The average molecular weight is 207 g/mol. The van der Waals surface area contributed by atoms with E-state index in [9.17, 15) is 0 Å². The molecule has 1 rings (SSSR count). The van der Waals surface area contributed by atoms with E-state index in [1.165, 1.54) is 17.7 Å². The van der Waals surface area contributed by atoms with E-state index in [4.69, 9.17) is 0 Å². The van der Waals surface area contributed by atoms with E-state index in [1.54, 1.807) is 0 Å². The lowest BCUT2D eigenvalue weighted by Gasteiger charge is -2.07. The molecule has 0 spiro atoms. The molecule has 1 atom stereocenters. The number of hydrogen-bond acceptors (Lipinski definition) is 2. The van der Waals surface area contributed by atoms with Crippen molar-refractivity contribution < 1.29 is 0 Å². The molecule has 1 N–H and O–H groups in total. The highest BCUT2D eigenvalue weighted by atomic mass is 15.3. The molecule has 0 aliphatic rings. The number of aromatic nitrogens is 2. The Hall–Kier alpha value is -1.09. The zero-order chi connectivity index (χ0) is 11.3. The van der Waals surface area contributed by atoms with Gasteiger partial charge in [0.2, 0.25) is 0 Å². The lowest BCUT2D eigenvalue weighted by Crippen LogP contribution is -2.24. The highest BCUT2D eigenvalue weighted by molar-refractivity contribution is 5.51. The third kappa shape index (κ3) is 3.51. The van der Waals surface area contributed by atoms with E-state index >= 15 is 0 Å². The van der Waals surface area contributed by atoms with Crippen LogP contribution in [0.3, 0.4) is 0 Å². The van der Waals surface area contributed by atoms with Gasteiger partial charge in [-0.1, -0.05) is 19.1 Å². The highest BCUT2D eigenvalue weighted by Gasteiger charge is 2.00. The van der Waals surface area contributed by atoms with Gasteiger partial charge in [0.15, 0.2) is 0 Å². The summed E-state index contributed by atoms with van der Waals surface area (Å²) >= 11 is 0. The Kier molecular flexibility index (Phi) is 4.56. The Balaban J connectivity index is 2.53. The maximum atomic E-state index is 4.20. The molecule has 15 heavy (non-hydrogen) atoms. The van der Waals surface area contributed by atoms with E-state index in [1.807, 2.05) is 17.9 Å². The number of nitrogens with one attached hydrogen (secondary N) is 1. The fourth-order valence-corrected chi connectivity index (χ4v) is 1.37. The van der Waals surface area contributed by atoms with Crippen LogP contribution in [0.4, 0.5) is 0 Å². The first-order valence-corrected chi connectivity index (χ1v) is 5.55. The molecule has 0 radical (unpaired) electrons. The molecular formula is C12H21N3. The highest BCUT2D eigenvalue weighted by Crippen LogP contribution is 2.07. The van der Waals surface area contributed by atoms with Crippen LogP contribution in [0.5, 0.6) is 0 Å². The number of nitrogens with zero attached hydrogens (tertiary/aromatic N) is 2. The summed E-state index contributed by atoms with van der Waals surface area (Å²) in [5, 5.41) is 7.62. The first-order chi connectivity index (χ1) is 7.15. The molecular weight excluding hydrogens is 186 g/mol. The molecule has 1 heterocycles. The Labute approximate surface area is 92.2 Å². The third-order valence-corrected chi connectivity index (χ3v) is 2.55. The maximum Gasteiger partial charge on any atom is 0.0564 e. The second-order valence-corrected chi connectivity index (χ2v) is 3.91. The monoisotopic (exact) mass is 207 g/mol. The van der Waals surface area contributed by atoms with Crippen LogP contribution < -0.4 is 5.32 Å². The van der Waals surface area contributed by atoms with Crippen LogP contribution in [0.25, 0.3) is 6.08 Å². The van der Waals surface area contributed by atoms with E-state index in [0.717, 1.165) is 6.54 Å². The summed E-state index contributed by atoms with van der Waals surface area (Å²) < 4.78 is 1.89. The predicted molar refractivity (Wildman–Crippen MR) is 64.7 cm³/mol. The van der Waals surface area contributed by atoms with Crippen LogP contribution >= 0.6 is 0 Å². The summed E-state index contributed by atoms with van der Waals surface area (Å²) in [4.78, 5) is 0. The topological polar surface area (TPSA) is 29.9 Å². The first kappa shape index (κ1) is 12.0. The third-order valence-electron chi connectivity index (χ3n) is 2.55. The molecule has 0 aliphatic carbocycles. The van der Waals surface area contributed by atoms with Gasteiger partial charge in [-0.25, -0.2) is 0 Å². The predicted octanol–water partition coefficient (Wildman–Crippen LogP) is 2.13. The quantitative estimate of drug-likeness (QED) is 0.801. The van der Waals surface area contributed by atoms with Crippen LogP contribution in [-0.4, -0.2) is 22.4 Å². The number of rotatable bonds is 5. The second kappa shape index (κ2) is 5.71. The van der Waals surface area contributed by atoms with E-state index in [-0.39, 0.29) is 0 Å². The zero-order valence-electron chi connectivity index (χ0n) is 10.1. The van der Waals surface area contributed by atoms with Gasteiger partial charge in [0.25, 0.3) is 0 Å². The van der Waals surface area contributed by atoms with Crippen molar-refractivity contribution in [3.8, 4) is 0 Å². The van der Waals surface area contributed by atoms with Crippen molar-refractivity contribution in [2.45, 2.75) is 33.2 Å². The largest absolute Gasteiger partial charge is 0.311 e. The average Bonchev–Trinajstić information content (AvgIpc) is 2.54. The number of hydrogen-bond donors (Lipinski definition) is 1. The van der Waals surface area contributed by atoms with Crippen LogP contribution in [0.2, 0.25) is 0 Å². The van der Waals surface area contributed by atoms with Crippen LogP contribution in [-0.2, 0) is 7.05 Å². The van der Waals surface area contributed by atoms with Gasteiger partial charge in [-0.2, -0.15) is 5.10 Å². The molecule has 0 amide bonds. The van der Waals surface area contributed by atoms with Crippen LogP contribution in [0.15, 0.2) is 12.3 Å². The molecule has 3 nitrogen and oxygen atoms in total. The van der Waals surface area contributed by atoms with Crippen molar-refractivity contribution >= 4 is 6.08 Å². The van der Waals surface area contributed by atoms with Crippen molar-refractivity contribution in [1.29, 1.82) is 0 Å². The minimum absolute atomic E-state index is 0.421. The van der Waals surface area contributed by atoms with Crippen molar-refractivity contribution in [3.63, 3.8) is 0 Å². The molecule has 0 fully saturated rings. The molecule has 1 aromatic rings. The van der Waals surface area contributed by atoms with Crippen LogP contribution in [0, 0.1) is 6.92 Å². The van der Waals surface area contributed by atoms with Crippen molar-refractivity contribution in [1.82, 2.24) is 15.1 Å². The molecule has 0 aliphatic heterocycles. The first-order valence-electron chi connectivity index (χ1n) is 5.55. The van der Waals surface area contributed by atoms with Gasteiger partial charge in [0.1, 0.15) is 0 Å². The van der Waals surface area contributed by atoms with E-state index in [0.29, 0.717) is 6.04 Å². The second-order valence-electron chi connectivity index (χ2n) is 3.91. The SMILES string of the molecule is CCCNC(C)/C=C/c1cnn(C)c1C. The standard InChI is InChI=1S/C12H21N3/c1-5-8-13-10(2)6-7-12-9-14-15(4)11(12)3/h6-7,9-10,13H,5,8H2,1-4H3/b7-6+. The molecule has 1 unspecified atom stereocenters. The molecule has 84 valence electrons. The molecule has 0 saturated carbocycles. The fraction of sp³-hybridized carbons (Fsp3) is 0.583. The minimum atomic E-state index is 0.421. The van der Waals surface area contributed by atoms with Gasteiger partial charge in [-0.3, -0.25) is 4.68 Å². The lowest BCUT2D eigenvalue weighted by molar-refractivity contribution is 0.625. The Morgan fingerprint density at radius 3 is 2.87 bits per heavy atom. The van der Waals surface area contributed by atoms with Crippen molar-refractivity contribution in [2.24, 2.45) is 7.05 Å². The summed E-state index contributed by atoms with van der Waals surface area (Å²) in [6.07, 6.45) is 7.39. The van der Waals surface area contributed by atoms with Crippen molar-refractivity contribution in [3.05, 3.63) is 23.5 Å². The Morgan fingerprint density at radius 2 is 2.33 bits per heavy atom. The van der Waals surface area contributed by atoms with Gasteiger partial charge in [-0.05, 0) is 26.8 Å². The lowest BCUT2D eigenvalue weighted by atomic mass is 10.2. The van der Waals surface area contributed by atoms with Gasteiger partial charge in [0.05, 0.1) is 6.20 Å². The molecule has 0 bridgehead atoms. The smallest absolute Gasteiger partial charge is 0.0564 e. The van der Waals surface area contributed by atoms with E-state index in [2.05, 4.69) is 43.3 Å². The van der Waals surface area contributed by atoms with Gasteiger partial charge >= 0.3 is 0 Å². The summed E-state index contributed by atoms with van der Waals surface area (Å²) in [5.74, 6) is 0. The molecule has 3 heteroatoms. The summed E-state index contributed by atoms with van der Waals surface area (Å²) in [5.41, 5.74) is 2.40. The summed E-state index contributed by atoms with van der Waals surface area (Å²) in [6.45, 7) is 7.49. The van der Waals surface area contributed by atoms with Crippen molar-refractivity contribution in [2.75, 3.05) is 6.54 Å². The normalized spacial score (nSPS) is 13.6. The molecule has 0 aromatic carbocycles. The van der Waals surface area contributed by atoms with Crippen LogP contribution in [0.1, 0.15) is 31.5 Å². The molecule has 0 saturated heterocycles. The zero-order valence-corrected chi connectivity index (χ0v) is 10.1. The number of aryl methyl sites for hydroxylation is 1. The molecule has 1 aromatic heterocycles.